The van der Waals surface area contributed by atoms with E-state index in [0.717, 1.165) is 10.2 Å². The quantitative estimate of drug-likeness (QED) is 0.354. The Bertz CT molecular complexity index is 1440. The van der Waals surface area contributed by atoms with Gasteiger partial charge in [0.1, 0.15) is 16.1 Å². The number of pyridine rings is 1. The first kappa shape index (κ1) is 20.8. The molecule has 0 fully saturated rings. The molecular weight excluding hydrogens is 446 g/mol. The van der Waals surface area contributed by atoms with Crippen LogP contribution in [0, 0.1) is 0 Å². The average molecular weight is 462 g/mol. The molecule has 0 bridgehead atoms. The molecule has 0 aliphatic rings. The number of H-pyrrole nitrogens is 1. The maximum absolute atomic E-state index is 12.7. The molecule has 1 aromatic carbocycles. The van der Waals surface area contributed by atoms with Gasteiger partial charge < -0.3 is 9.57 Å². The molecule has 0 radical (unpaired) electrons. The number of carbonyl (C=O) groups is 1. The standard InChI is InChI=1S/C19H16ClN5O5S/c1-19(2,3)29-18(28)24-30-16-14-11(7-13(20)22-16)25(17(27)23-15(14)26)9-4-5-10-12(6-9)31-8-21-10/h4-8H,1-3H3,(H,24,28)(H,23,26,27). The molecule has 0 saturated heterocycles. The molecule has 31 heavy (non-hydrogen) atoms. The highest BCUT2D eigenvalue weighted by molar-refractivity contribution is 7.16. The predicted molar refractivity (Wildman–Crippen MR) is 116 cm³/mol. The van der Waals surface area contributed by atoms with Gasteiger partial charge >= 0.3 is 11.8 Å². The number of ether oxygens (including phenoxy) is 1. The van der Waals surface area contributed by atoms with Crippen molar-refractivity contribution < 1.29 is 14.4 Å². The molecule has 0 atom stereocenters. The van der Waals surface area contributed by atoms with Crippen LogP contribution in [-0.2, 0) is 4.74 Å². The smallest absolute Gasteiger partial charge is 0.441 e. The van der Waals surface area contributed by atoms with E-state index in [2.05, 4.69) is 20.4 Å². The van der Waals surface area contributed by atoms with Crippen LogP contribution in [0.4, 0.5) is 4.79 Å². The van der Waals surface area contributed by atoms with Crippen LogP contribution in [0.1, 0.15) is 20.8 Å². The Hall–Kier alpha value is -3.44. The first-order valence-electron chi connectivity index (χ1n) is 8.97. The second-order valence-electron chi connectivity index (χ2n) is 7.45. The lowest BCUT2D eigenvalue weighted by Crippen LogP contribution is -2.35. The second kappa shape index (κ2) is 7.67. The van der Waals surface area contributed by atoms with Crippen molar-refractivity contribution in [2.24, 2.45) is 0 Å². The van der Waals surface area contributed by atoms with E-state index in [0.29, 0.717) is 5.69 Å². The Morgan fingerprint density at radius 1 is 1.26 bits per heavy atom. The molecule has 4 rings (SSSR count). The number of carbonyl (C=O) groups excluding carboxylic acids is 1. The van der Waals surface area contributed by atoms with Gasteiger partial charge in [-0.05, 0) is 39.0 Å². The highest BCUT2D eigenvalue weighted by atomic mass is 35.5. The summed E-state index contributed by atoms with van der Waals surface area (Å²) in [7, 11) is 0. The molecule has 0 unspecified atom stereocenters. The van der Waals surface area contributed by atoms with Gasteiger partial charge in [0, 0.05) is 6.07 Å². The number of hydroxylamine groups is 1. The molecule has 1 amide bonds. The van der Waals surface area contributed by atoms with E-state index in [4.69, 9.17) is 21.2 Å². The van der Waals surface area contributed by atoms with Gasteiger partial charge in [0.25, 0.3) is 11.4 Å². The summed E-state index contributed by atoms with van der Waals surface area (Å²) >= 11 is 7.53. The maximum Gasteiger partial charge on any atom is 0.441 e. The van der Waals surface area contributed by atoms with E-state index in [1.807, 2.05) is 0 Å². The number of hydrogen-bond donors (Lipinski definition) is 2. The maximum atomic E-state index is 12.7. The van der Waals surface area contributed by atoms with E-state index in [1.54, 1.807) is 44.5 Å². The Kier molecular flexibility index (Phi) is 5.15. The van der Waals surface area contributed by atoms with E-state index in [1.165, 1.54) is 22.0 Å². The van der Waals surface area contributed by atoms with Crippen LogP contribution < -0.4 is 21.6 Å². The molecule has 0 aliphatic carbocycles. The third kappa shape index (κ3) is 4.23. The van der Waals surface area contributed by atoms with E-state index >= 15 is 0 Å². The number of aromatic nitrogens is 4. The molecule has 10 nitrogen and oxygen atoms in total. The van der Waals surface area contributed by atoms with Gasteiger partial charge in [-0.15, -0.1) is 11.3 Å². The van der Waals surface area contributed by atoms with Crippen LogP contribution in [0.15, 0.2) is 39.4 Å². The van der Waals surface area contributed by atoms with Crippen molar-refractivity contribution in [1.29, 1.82) is 0 Å². The summed E-state index contributed by atoms with van der Waals surface area (Å²) in [6.07, 6.45) is -0.886. The Morgan fingerprint density at radius 3 is 2.77 bits per heavy atom. The number of aromatic amines is 1. The van der Waals surface area contributed by atoms with Crippen LogP contribution in [0.25, 0.3) is 26.8 Å². The lowest BCUT2D eigenvalue weighted by molar-refractivity contribution is 0.0281. The number of fused-ring (bicyclic) bond motifs is 2. The van der Waals surface area contributed by atoms with Gasteiger partial charge in [0.15, 0.2) is 0 Å². The van der Waals surface area contributed by atoms with Crippen molar-refractivity contribution in [3.8, 4) is 11.6 Å². The third-order valence-corrected chi connectivity index (χ3v) is 5.01. The summed E-state index contributed by atoms with van der Waals surface area (Å²) < 4.78 is 7.22. The summed E-state index contributed by atoms with van der Waals surface area (Å²) in [5.41, 5.74) is 2.99. The van der Waals surface area contributed by atoms with Gasteiger partial charge in [0.2, 0.25) is 0 Å². The number of hydrogen-bond acceptors (Lipinski definition) is 8. The molecule has 0 saturated carbocycles. The topological polar surface area (TPSA) is 128 Å². The van der Waals surface area contributed by atoms with E-state index in [-0.39, 0.29) is 21.9 Å². The number of nitrogens with zero attached hydrogens (tertiary/aromatic N) is 3. The van der Waals surface area contributed by atoms with Gasteiger partial charge in [0.05, 0.1) is 26.9 Å². The van der Waals surface area contributed by atoms with Crippen molar-refractivity contribution in [2.45, 2.75) is 26.4 Å². The Labute approximate surface area is 183 Å². The molecule has 160 valence electrons. The van der Waals surface area contributed by atoms with Crippen LogP contribution in [0.5, 0.6) is 5.88 Å². The lowest BCUT2D eigenvalue weighted by atomic mass is 10.2. The van der Waals surface area contributed by atoms with Crippen molar-refractivity contribution in [2.75, 3.05) is 0 Å². The highest BCUT2D eigenvalue weighted by Crippen LogP contribution is 2.26. The van der Waals surface area contributed by atoms with Gasteiger partial charge in [-0.3, -0.25) is 14.3 Å². The zero-order valence-electron chi connectivity index (χ0n) is 16.6. The fraction of sp³-hybridized carbons (Fsp3) is 0.211. The molecule has 4 aromatic rings. The summed E-state index contributed by atoms with van der Waals surface area (Å²) in [4.78, 5) is 52.8. The molecule has 12 heteroatoms. The van der Waals surface area contributed by atoms with Crippen molar-refractivity contribution >= 4 is 50.2 Å². The molecule has 2 N–H and O–H groups in total. The van der Waals surface area contributed by atoms with Crippen molar-refractivity contribution in [1.82, 2.24) is 25.0 Å². The number of thiazole rings is 1. The summed E-state index contributed by atoms with van der Waals surface area (Å²) in [5, 5.41) is -0.129. The molecule has 0 spiro atoms. The van der Waals surface area contributed by atoms with Gasteiger partial charge in [-0.2, -0.15) is 10.5 Å². The summed E-state index contributed by atoms with van der Waals surface area (Å²) in [6.45, 7) is 5.05. The van der Waals surface area contributed by atoms with Crippen molar-refractivity contribution in [3.05, 3.63) is 55.8 Å². The minimum absolute atomic E-state index is 0.0499. The first-order valence-corrected chi connectivity index (χ1v) is 10.2. The SMILES string of the molecule is CC(C)(C)OC(=O)NOc1nc(Cl)cc2c1c(=O)[nH]c(=O)n2-c1ccc2ncsc2c1. The molecule has 3 aromatic heterocycles. The summed E-state index contributed by atoms with van der Waals surface area (Å²) in [6, 6.07) is 6.58. The third-order valence-electron chi connectivity index (χ3n) is 4.03. The molecule has 3 heterocycles. The van der Waals surface area contributed by atoms with Crippen LogP contribution in [0.2, 0.25) is 5.15 Å². The largest absolute Gasteiger partial charge is 0.442 e. The first-order chi connectivity index (χ1) is 14.6. The number of benzene rings is 1. The Balaban J connectivity index is 1.85. The zero-order valence-corrected chi connectivity index (χ0v) is 18.1. The van der Waals surface area contributed by atoms with Crippen LogP contribution >= 0.6 is 22.9 Å². The minimum Gasteiger partial charge on any atom is -0.442 e. The van der Waals surface area contributed by atoms with Crippen LogP contribution in [0.3, 0.4) is 0 Å². The average Bonchev–Trinajstić information content (AvgIpc) is 3.12. The van der Waals surface area contributed by atoms with Gasteiger partial charge in [-0.1, -0.05) is 11.6 Å². The lowest BCUT2D eigenvalue weighted by Gasteiger charge is -2.19. The minimum atomic E-state index is -0.886. The Morgan fingerprint density at radius 2 is 2.03 bits per heavy atom. The zero-order chi connectivity index (χ0) is 22.3. The van der Waals surface area contributed by atoms with Crippen molar-refractivity contribution in [3.63, 3.8) is 0 Å². The number of nitrogens with one attached hydrogen (secondary N) is 2. The molecular formula is C19H16ClN5O5S. The number of amides is 1. The van der Waals surface area contributed by atoms with Gasteiger partial charge in [-0.25, -0.2) is 14.6 Å². The monoisotopic (exact) mass is 461 g/mol. The van der Waals surface area contributed by atoms with Crippen LogP contribution in [-0.4, -0.2) is 31.2 Å². The predicted octanol–water partition coefficient (Wildman–Crippen LogP) is 3.16. The second-order valence-corrected chi connectivity index (χ2v) is 8.72. The fourth-order valence-corrected chi connectivity index (χ4v) is 3.79. The highest BCUT2D eigenvalue weighted by Gasteiger charge is 2.20. The van der Waals surface area contributed by atoms with E-state index in [9.17, 15) is 14.4 Å². The summed E-state index contributed by atoms with van der Waals surface area (Å²) in [5.74, 6) is -0.290. The van der Waals surface area contributed by atoms with E-state index < -0.39 is 22.9 Å². The molecule has 0 aliphatic heterocycles. The number of rotatable bonds is 3. The normalized spacial score (nSPS) is 11.6. The fourth-order valence-electron chi connectivity index (χ4n) is 2.90. The number of halogens is 1.